The molecule has 0 radical (unpaired) electrons. The van der Waals surface area contributed by atoms with Crippen LogP contribution in [0.15, 0.2) is 30.3 Å². The van der Waals surface area contributed by atoms with Gasteiger partial charge < -0.3 is 5.32 Å². The molecule has 0 amide bonds. The molecule has 1 aromatic heterocycles. The molecule has 1 heterocycles. The minimum atomic E-state index is 0.314. The molecule has 0 spiro atoms. The molecule has 17 heavy (non-hydrogen) atoms. The van der Waals surface area contributed by atoms with E-state index in [4.69, 9.17) is 0 Å². The van der Waals surface area contributed by atoms with Gasteiger partial charge in [-0.3, -0.25) is 0 Å². The SMILES string of the molecule is CNC(c1ccc(C)s1)c1cc(C)ccc1C. The normalized spacial score (nSPS) is 12.7. The van der Waals surface area contributed by atoms with E-state index < -0.39 is 0 Å². The van der Waals surface area contributed by atoms with Gasteiger partial charge in [0.1, 0.15) is 0 Å². The second kappa shape index (κ2) is 5.03. The van der Waals surface area contributed by atoms with Crippen molar-refractivity contribution >= 4 is 11.3 Å². The number of thiophene rings is 1. The van der Waals surface area contributed by atoms with E-state index in [0.717, 1.165) is 0 Å². The minimum Gasteiger partial charge on any atom is -0.309 e. The number of aryl methyl sites for hydroxylation is 3. The van der Waals surface area contributed by atoms with Crippen LogP contribution >= 0.6 is 11.3 Å². The van der Waals surface area contributed by atoms with Crippen LogP contribution < -0.4 is 5.32 Å². The van der Waals surface area contributed by atoms with Crippen LogP contribution in [0, 0.1) is 20.8 Å². The molecule has 1 unspecified atom stereocenters. The molecule has 90 valence electrons. The first-order valence-electron chi connectivity index (χ1n) is 5.92. The van der Waals surface area contributed by atoms with Crippen molar-refractivity contribution in [3.8, 4) is 0 Å². The van der Waals surface area contributed by atoms with Crippen molar-refractivity contribution in [1.82, 2.24) is 5.32 Å². The first-order chi connectivity index (χ1) is 8.11. The Morgan fingerprint density at radius 1 is 1.06 bits per heavy atom. The molecule has 2 heteroatoms. The number of benzene rings is 1. The third-order valence-corrected chi connectivity index (χ3v) is 4.15. The summed E-state index contributed by atoms with van der Waals surface area (Å²) in [7, 11) is 2.03. The smallest absolute Gasteiger partial charge is 0.0671 e. The molecular formula is C15H19NS. The molecule has 2 aromatic rings. The Bertz CT molecular complexity index is 513. The van der Waals surface area contributed by atoms with Crippen molar-refractivity contribution in [3.05, 3.63) is 56.8 Å². The summed E-state index contributed by atoms with van der Waals surface area (Å²) in [6.07, 6.45) is 0. The summed E-state index contributed by atoms with van der Waals surface area (Å²) in [6.45, 7) is 6.49. The third-order valence-electron chi connectivity index (χ3n) is 3.08. The van der Waals surface area contributed by atoms with Crippen LogP contribution in [0.3, 0.4) is 0 Å². The Morgan fingerprint density at radius 2 is 1.82 bits per heavy atom. The Morgan fingerprint density at radius 3 is 2.41 bits per heavy atom. The van der Waals surface area contributed by atoms with E-state index in [9.17, 15) is 0 Å². The van der Waals surface area contributed by atoms with Crippen molar-refractivity contribution < 1.29 is 0 Å². The van der Waals surface area contributed by atoms with E-state index >= 15 is 0 Å². The predicted molar refractivity (Wildman–Crippen MR) is 75.9 cm³/mol. The van der Waals surface area contributed by atoms with Crippen LogP contribution in [-0.2, 0) is 0 Å². The molecule has 1 nitrogen and oxygen atoms in total. The third kappa shape index (κ3) is 2.59. The summed E-state index contributed by atoms with van der Waals surface area (Å²) in [5.41, 5.74) is 4.05. The molecule has 0 saturated carbocycles. The largest absolute Gasteiger partial charge is 0.309 e. The number of hydrogen-bond donors (Lipinski definition) is 1. The van der Waals surface area contributed by atoms with Crippen LogP contribution in [0.5, 0.6) is 0 Å². The summed E-state index contributed by atoms with van der Waals surface area (Å²) in [4.78, 5) is 2.75. The molecule has 0 bridgehead atoms. The second-order valence-corrected chi connectivity index (χ2v) is 5.85. The maximum absolute atomic E-state index is 3.43. The lowest BCUT2D eigenvalue weighted by atomic mass is 9.98. The maximum atomic E-state index is 3.43. The Labute approximate surface area is 108 Å². The van der Waals surface area contributed by atoms with Crippen LogP contribution in [0.1, 0.15) is 32.5 Å². The van der Waals surface area contributed by atoms with Crippen LogP contribution in [0.2, 0.25) is 0 Å². The fraction of sp³-hybridized carbons (Fsp3) is 0.333. The van der Waals surface area contributed by atoms with Gasteiger partial charge in [-0.25, -0.2) is 0 Å². The maximum Gasteiger partial charge on any atom is 0.0671 e. The minimum absolute atomic E-state index is 0.314. The Hall–Kier alpha value is -1.12. The lowest BCUT2D eigenvalue weighted by molar-refractivity contribution is 0.699. The summed E-state index contributed by atoms with van der Waals surface area (Å²) < 4.78 is 0. The lowest BCUT2D eigenvalue weighted by Gasteiger charge is -2.18. The van der Waals surface area contributed by atoms with Crippen molar-refractivity contribution in [2.75, 3.05) is 7.05 Å². The standard InChI is InChI=1S/C15H19NS/c1-10-5-6-11(2)13(9-10)15(16-4)14-8-7-12(3)17-14/h5-9,15-16H,1-4H3. The van der Waals surface area contributed by atoms with Gasteiger partial charge >= 0.3 is 0 Å². The summed E-state index contributed by atoms with van der Waals surface area (Å²) in [6, 6.07) is 11.4. The highest BCUT2D eigenvalue weighted by Crippen LogP contribution is 2.30. The Kier molecular flexibility index (Phi) is 3.65. The molecule has 1 atom stereocenters. The average molecular weight is 245 g/mol. The van der Waals surface area contributed by atoms with Gasteiger partial charge in [0.2, 0.25) is 0 Å². The highest BCUT2D eigenvalue weighted by molar-refractivity contribution is 7.12. The molecule has 0 saturated heterocycles. The van der Waals surface area contributed by atoms with Crippen molar-refractivity contribution in [2.24, 2.45) is 0 Å². The van der Waals surface area contributed by atoms with E-state index in [2.05, 4.69) is 56.4 Å². The van der Waals surface area contributed by atoms with E-state index in [-0.39, 0.29) is 0 Å². The topological polar surface area (TPSA) is 12.0 Å². The van der Waals surface area contributed by atoms with Gasteiger partial charge in [-0.15, -0.1) is 11.3 Å². The van der Waals surface area contributed by atoms with Gasteiger partial charge in [-0.1, -0.05) is 23.8 Å². The second-order valence-electron chi connectivity index (χ2n) is 4.53. The zero-order valence-electron chi connectivity index (χ0n) is 10.9. The van der Waals surface area contributed by atoms with E-state index in [1.165, 1.54) is 26.4 Å². The number of nitrogens with one attached hydrogen (secondary N) is 1. The van der Waals surface area contributed by atoms with Gasteiger partial charge in [0.15, 0.2) is 0 Å². The lowest BCUT2D eigenvalue weighted by Crippen LogP contribution is -2.17. The molecular weight excluding hydrogens is 226 g/mol. The fourth-order valence-corrected chi connectivity index (χ4v) is 3.14. The molecule has 0 aliphatic rings. The van der Waals surface area contributed by atoms with Crippen molar-refractivity contribution in [1.29, 1.82) is 0 Å². The molecule has 1 N–H and O–H groups in total. The van der Waals surface area contributed by atoms with Crippen LogP contribution in [0.4, 0.5) is 0 Å². The quantitative estimate of drug-likeness (QED) is 0.862. The number of hydrogen-bond acceptors (Lipinski definition) is 2. The van der Waals surface area contributed by atoms with E-state index in [1.54, 1.807) is 0 Å². The summed E-state index contributed by atoms with van der Waals surface area (Å²) in [5, 5.41) is 3.43. The first kappa shape index (κ1) is 12.3. The monoisotopic (exact) mass is 245 g/mol. The zero-order chi connectivity index (χ0) is 12.4. The van der Waals surface area contributed by atoms with Crippen molar-refractivity contribution in [2.45, 2.75) is 26.8 Å². The van der Waals surface area contributed by atoms with Crippen LogP contribution in [-0.4, -0.2) is 7.05 Å². The fourth-order valence-electron chi connectivity index (χ4n) is 2.13. The molecule has 2 rings (SSSR count). The van der Waals surface area contributed by atoms with E-state index in [0.29, 0.717) is 6.04 Å². The summed E-state index contributed by atoms with van der Waals surface area (Å²) in [5.74, 6) is 0. The summed E-state index contributed by atoms with van der Waals surface area (Å²) >= 11 is 1.87. The van der Waals surface area contributed by atoms with E-state index in [1.807, 2.05) is 18.4 Å². The predicted octanol–water partition coefficient (Wildman–Crippen LogP) is 3.98. The first-order valence-corrected chi connectivity index (χ1v) is 6.74. The van der Waals surface area contributed by atoms with Gasteiger partial charge in [0.25, 0.3) is 0 Å². The molecule has 0 aliphatic heterocycles. The number of rotatable bonds is 3. The highest BCUT2D eigenvalue weighted by atomic mass is 32.1. The molecule has 0 fully saturated rings. The molecule has 1 aromatic carbocycles. The average Bonchev–Trinajstić information content (AvgIpc) is 2.71. The molecule has 0 aliphatic carbocycles. The van der Waals surface area contributed by atoms with Gasteiger partial charge in [-0.05, 0) is 51.1 Å². The van der Waals surface area contributed by atoms with Gasteiger partial charge in [0, 0.05) is 9.75 Å². The Balaban J connectivity index is 2.45. The van der Waals surface area contributed by atoms with Crippen molar-refractivity contribution in [3.63, 3.8) is 0 Å². The van der Waals surface area contributed by atoms with Crippen LogP contribution in [0.25, 0.3) is 0 Å². The zero-order valence-corrected chi connectivity index (χ0v) is 11.7. The van der Waals surface area contributed by atoms with Gasteiger partial charge in [0.05, 0.1) is 6.04 Å². The van der Waals surface area contributed by atoms with Gasteiger partial charge in [-0.2, -0.15) is 0 Å². The highest BCUT2D eigenvalue weighted by Gasteiger charge is 2.15.